The summed E-state index contributed by atoms with van der Waals surface area (Å²) in [4.78, 5) is 13.0. The monoisotopic (exact) mass is 380 g/mol. The van der Waals surface area contributed by atoms with Crippen molar-refractivity contribution in [2.24, 2.45) is 7.05 Å². The van der Waals surface area contributed by atoms with Crippen molar-refractivity contribution in [1.82, 2.24) is 20.2 Å². The van der Waals surface area contributed by atoms with E-state index in [0.717, 1.165) is 11.1 Å². The fourth-order valence-electron chi connectivity index (χ4n) is 3.14. The molecule has 1 N–H and O–H groups in total. The molecule has 140 valence electrons. The minimum Gasteiger partial charge on any atom is -0.322 e. The van der Waals surface area contributed by atoms with Gasteiger partial charge in [-0.3, -0.25) is 4.79 Å². The largest absolute Gasteiger partial charge is 0.322 e. The Labute approximate surface area is 167 Å². The summed E-state index contributed by atoms with van der Waals surface area (Å²) >= 11 is 0. The highest BCUT2D eigenvalue weighted by atomic mass is 16.1. The highest BCUT2D eigenvalue weighted by Gasteiger charge is 2.15. The molecule has 29 heavy (non-hydrogen) atoms. The summed E-state index contributed by atoms with van der Waals surface area (Å²) in [5, 5.41) is 23.8. The number of hydrogen-bond acceptors (Lipinski definition) is 5. The number of amides is 1. The smallest absolute Gasteiger partial charge is 0.256 e. The number of carbonyl (C=O) groups excluding carboxylic acids is 1. The highest BCUT2D eigenvalue weighted by molar-refractivity contribution is 6.09. The first-order chi connectivity index (χ1) is 14.2. The minimum atomic E-state index is -0.262. The number of aryl methyl sites for hydroxylation is 1. The first-order valence-corrected chi connectivity index (χ1v) is 8.90. The third-order valence-corrected chi connectivity index (χ3v) is 4.51. The minimum absolute atomic E-state index is 0.262. The molecule has 0 spiro atoms. The fourth-order valence-corrected chi connectivity index (χ4v) is 3.14. The zero-order valence-corrected chi connectivity index (χ0v) is 15.6. The van der Waals surface area contributed by atoms with E-state index in [2.05, 4.69) is 26.9 Å². The number of nitriles is 1. The molecule has 4 aromatic rings. The van der Waals surface area contributed by atoms with E-state index in [4.69, 9.17) is 0 Å². The number of benzene rings is 3. The number of anilines is 1. The Hall–Kier alpha value is -4.31. The van der Waals surface area contributed by atoms with E-state index in [1.54, 1.807) is 42.1 Å². The van der Waals surface area contributed by atoms with Crippen molar-refractivity contribution in [2.75, 3.05) is 5.32 Å². The van der Waals surface area contributed by atoms with Gasteiger partial charge in [0.2, 0.25) is 0 Å². The van der Waals surface area contributed by atoms with Gasteiger partial charge in [0, 0.05) is 29.4 Å². The van der Waals surface area contributed by atoms with E-state index in [1.807, 2.05) is 42.5 Å². The van der Waals surface area contributed by atoms with Crippen LogP contribution in [0.4, 0.5) is 5.69 Å². The maximum absolute atomic E-state index is 13.0. The van der Waals surface area contributed by atoms with E-state index in [9.17, 15) is 10.1 Å². The molecule has 0 saturated heterocycles. The van der Waals surface area contributed by atoms with Gasteiger partial charge in [-0.05, 0) is 40.3 Å². The average molecular weight is 380 g/mol. The van der Waals surface area contributed by atoms with Crippen LogP contribution in [0.3, 0.4) is 0 Å². The molecule has 0 unspecified atom stereocenters. The zero-order chi connectivity index (χ0) is 20.2. The van der Waals surface area contributed by atoms with Crippen LogP contribution in [0.2, 0.25) is 0 Å². The van der Waals surface area contributed by atoms with Crippen molar-refractivity contribution >= 4 is 11.6 Å². The molecule has 0 fully saturated rings. The Morgan fingerprint density at radius 2 is 1.76 bits per heavy atom. The maximum atomic E-state index is 13.0. The molecule has 1 amide bonds. The van der Waals surface area contributed by atoms with Gasteiger partial charge in [0.25, 0.3) is 5.91 Å². The van der Waals surface area contributed by atoms with Crippen molar-refractivity contribution in [1.29, 1.82) is 5.26 Å². The summed E-state index contributed by atoms with van der Waals surface area (Å²) in [7, 11) is 1.75. The molecular weight excluding hydrogens is 364 g/mol. The molecule has 1 aromatic heterocycles. The van der Waals surface area contributed by atoms with Crippen LogP contribution in [-0.4, -0.2) is 26.1 Å². The number of nitrogens with zero attached hydrogens (tertiary/aromatic N) is 5. The molecule has 7 heteroatoms. The Kier molecular flexibility index (Phi) is 4.82. The van der Waals surface area contributed by atoms with E-state index >= 15 is 0 Å². The molecular formula is C22H16N6O. The Balaban J connectivity index is 1.67. The standard InChI is InChI=1S/C22H16N6O/c1-28-21(25-26-27-28)15-8-6-9-17(13-15)24-22(29)20-12-5-4-11-19(20)18-10-3-2-7-16(18)14-23/h2-13H,1H3,(H,24,29). The lowest BCUT2D eigenvalue weighted by Crippen LogP contribution is -2.13. The number of aromatic nitrogens is 4. The Bertz CT molecular complexity index is 1240. The lowest BCUT2D eigenvalue weighted by atomic mass is 9.95. The van der Waals surface area contributed by atoms with E-state index in [-0.39, 0.29) is 5.91 Å². The third-order valence-electron chi connectivity index (χ3n) is 4.51. The number of tetrazole rings is 1. The van der Waals surface area contributed by atoms with Crippen molar-refractivity contribution in [2.45, 2.75) is 0 Å². The van der Waals surface area contributed by atoms with Gasteiger partial charge in [-0.25, -0.2) is 4.68 Å². The van der Waals surface area contributed by atoms with E-state index in [0.29, 0.717) is 28.2 Å². The van der Waals surface area contributed by atoms with Crippen LogP contribution in [0.15, 0.2) is 72.8 Å². The average Bonchev–Trinajstić information content (AvgIpc) is 3.20. The summed E-state index contributed by atoms with van der Waals surface area (Å²) in [6.45, 7) is 0. The van der Waals surface area contributed by atoms with Gasteiger partial charge in [-0.15, -0.1) is 5.10 Å². The van der Waals surface area contributed by atoms with Gasteiger partial charge in [-0.1, -0.05) is 48.5 Å². The first kappa shape index (κ1) is 18.1. The SMILES string of the molecule is Cn1nnnc1-c1cccc(NC(=O)c2ccccc2-c2ccccc2C#N)c1. The predicted octanol–water partition coefficient (Wildman–Crippen LogP) is 3.67. The number of hydrogen-bond donors (Lipinski definition) is 1. The van der Waals surface area contributed by atoms with E-state index in [1.165, 1.54) is 0 Å². The predicted molar refractivity (Wildman–Crippen MR) is 109 cm³/mol. The molecule has 7 nitrogen and oxygen atoms in total. The Morgan fingerprint density at radius 1 is 1.00 bits per heavy atom. The van der Waals surface area contributed by atoms with Gasteiger partial charge in [0.05, 0.1) is 11.6 Å². The summed E-state index contributed by atoms with van der Waals surface area (Å²) in [5.74, 6) is 0.339. The molecule has 4 rings (SSSR count). The fraction of sp³-hybridized carbons (Fsp3) is 0.0455. The number of carbonyl (C=O) groups is 1. The third kappa shape index (κ3) is 3.59. The second-order valence-electron chi connectivity index (χ2n) is 6.36. The van der Waals surface area contributed by atoms with Crippen molar-refractivity contribution in [3.05, 3.63) is 83.9 Å². The zero-order valence-electron chi connectivity index (χ0n) is 15.6. The summed E-state index contributed by atoms with van der Waals surface area (Å²) in [5.41, 5.74) is 3.85. The topological polar surface area (TPSA) is 96.5 Å². The van der Waals surface area contributed by atoms with Crippen LogP contribution in [0.1, 0.15) is 15.9 Å². The van der Waals surface area contributed by atoms with Gasteiger partial charge >= 0.3 is 0 Å². The highest BCUT2D eigenvalue weighted by Crippen LogP contribution is 2.28. The van der Waals surface area contributed by atoms with Crippen molar-refractivity contribution in [3.63, 3.8) is 0 Å². The molecule has 1 heterocycles. The van der Waals surface area contributed by atoms with Crippen LogP contribution in [0.5, 0.6) is 0 Å². The first-order valence-electron chi connectivity index (χ1n) is 8.90. The Morgan fingerprint density at radius 3 is 2.52 bits per heavy atom. The molecule has 3 aromatic carbocycles. The number of nitrogens with one attached hydrogen (secondary N) is 1. The molecule has 0 aliphatic heterocycles. The lowest BCUT2D eigenvalue weighted by molar-refractivity contribution is 0.102. The normalized spacial score (nSPS) is 10.3. The molecule has 0 aliphatic carbocycles. The summed E-state index contributed by atoms with van der Waals surface area (Å²) in [6.07, 6.45) is 0. The van der Waals surface area contributed by atoms with Crippen LogP contribution >= 0.6 is 0 Å². The van der Waals surface area contributed by atoms with Gasteiger partial charge in [0.1, 0.15) is 0 Å². The molecule has 0 aliphatic rings. The van der Waals surface area contributed by atoms with Crippen LogP contribution < -0.4 is 5.32 Å². The maximum Gasteiger partial charge on any atom is 0.256 e. The van der Waals surface area contributed by atoms with Gasteiger partial charge in [-0.2, -0.15) is 5.26 Å². The summed E-state index contributed by atoms with van der Waals surface area (Å²) in [6, 6.07) is 24.0. The van der Waals surface area contributed by atoms with Gasteiger partial charge < -0.3 is 5.32 Å². The van der Waals surface area contributed by atoms with Crippen LogP contribution in [0.25, 0.3) is 22.5 Å². The quantitative estimate of drug-likeness (QED) is 0.583. The van der Waals surface area contributed by atoms with Crippen molar-refractivity contribution < 1.29 is 4.79 Å². The van der Waals surface area contributed by atoms with Gasteiger partial charge in [0.15, 0.2) is 5.82 Å². The molecule has 0 atom stereocenters. The lowest BCUT2D eigenvalue weighted by Gasteiger charge is -2.12. The van der Waals surface area contributed by atoms with Crippen LogP contribution in [-0.2, 0) is 7.05 Å². The molecule has 0 saturated carbocycles. The van der Waals surface area contributed by atoms with Crippen molar-refractivity contribution in [3.8, 4) is 28.6 Å². The molecule has 0 radical (unpaired) electrons. The summed E-state index contributed by atoms with van der Waals surface area (Å²) < 4.78 is 1.56. The van der Waals surface area contributed by atoms with E-state index < -0.39 is 0 Å². The second kappa shape index (κ2) is 7.74. The number of rotatable bonds is 4. The van der Waals surface area contributed by atoms with Crippen LogP contribution in [0, 0.1) is 11.3 Å². The molecule has 0 bridgehead atoms. The second-order valence-corrected chi connectivity index (χ2v) is 6.36.